The highest BCUT2D eigenvalue weighted by molar-refractivity contribution is 5.81. The van der Waals surface area contributed by atoms with E-state index in [0.717, 1.165) is 32.2 Å². The maximum absolute atomic E-state index is 11.7. The van der Waals surface area contributed by atoms with E-state index in [1.54, 1.807) is 0 Å². The van der Waals surface area contributed by atoms with Gasteiger partial charge in [0, 0.05) is 6.04 Å². The lowest BCUT2D eigenvalue weighted by Gasteiger charge is -2.40. The van der Waals surface area contributed by atoms with Crippen molar-refractivity contribution in [3.63, 3.8) is 0 Å². The molecule has 2 rings (SSSR count). The molecule has 98 valence electrons. The highest BCUT2D eigenvalue weighted by Crippen LogP contribution is 2.33. The van der Waals surface area contributed by atoms with E-state index in [4.69, 9.17) is 4.74 Å². The molecule has 2 fully saturated rings. The Morgan fingerprint density at radius 2 is 2.24 bits per heavy atom. The van der Waals surface area contributed by atoms with Crippen molar-refractivity contribution in [2.45, 2.75) is 50.1 Å². The molecule has 4 heteroatoms. The van der Waals surface area contributed by atoms with Crippen LogP contribution in [-0.4, -0.2) is 49.7 Å². The van der Waals surface area contributed by atoms with E-state index < -0.39 is 0 Å². The number of nitrogens with one attached hydrogen (secondary N) is 1. The minimum absolute atomic E-state index is 0.0801. The van der Waals surface area contributed by atoms with Crippen LogP contribution >= 0.6 is 0 Å². The molecular weight excluding hydrogens is 216 g/mol. The topological polar surface area (TPSA) is 41.6 Å². The molecule has 0 aromatic rings. The number of esters is 1. The fourth-order valence-corrected chi connectivity index (χ4v) is 3.00. The van der Waals surface area contributed by atoms with E-state index in [2.05, 4.69) is 17.3 Å². The summed E-state index contributed by atoms with van der Waals surface area (Å²) >= 11 is 0. The second-order valence-electron chi connectivity index (χ2n) is 5.42. The van der Waals surface area contributed by atoms with Crippen LogP contribution in [0.15, 0.2) is 0 Å². The second-order valence-corrected chi connectivity index (χ2v) is 5.42. The third-order valence-corrected chi connectivity index (χ3v) is 4.40. The van der Waals surface area contributed by atoms with Crippen molar-refractivity contribution in [2.24, 2.45) is 0 Å². The Hall–Kier alpha value is -0.610. The van der Waals surface area contributed by atoms with Gasteiger partial charge in [-0.15, -0.1) is 0 Å². The molecule has 1 heterocycles. The molecule has 2 aliphatic rings. The van der Waals surface area contributed by atoms with Crippen molar-refractivity contribution >= 4 is 5.97 Å². The van der Waals surface area contributed by atoms with Crippen molar-refractivity contribution in [3.8, 4) is 0 Å². The summed E-state index contributed by atoms with van der Waals surface area (Å²) in [6, 6.07) is 0.692. The van der Waals surface area contributed by atoms with Gasteiger partial charge < -0.3 is 15.0 Å². The number of carbonyl (C=O) groups is 1. The summed E-state index contributed by atoms with van der Waals surface area (Å²) in [5.74, 6) is -0.0801. The van der Waals surface area contributed by atoms with Gasteiger partial charge in [0.25, 0.3) is 0 Å². The molecule has 0 bridgehead atoms. The van der Waals surface area contributed by atoms with Crippen molar-refractivity contribution < 1.29 is 9.53 Å². The van der Waals surface area contributed by atoms with Crippen molar-refractivity contribution in [3.05, 3.63) is 0 Å². The van der Waals surface area contributed by atoms with Crippen LogP contribution < -0.4 is 5.32 Å². The SMILES string of the molecule is COC(=O)C1(NCC[C@H]2CCCN2C)CCC1. The van der Waals surface area contributed by atoms with Crippen LogP contribution in [0.4, 0.5) is 0 Å². The first-order chi connectivity index (χ1) is 8.18. The lowest BCUT2D eigenvalue weighted by molar-refractivity contribution is -0.152. The van der Waals surface area contributed by atoms with Crippen LogP contribution in [0.5, 0.6) is 0 Å². The average Bonchev–Trinajstić information content (AvgIpc) is 2.67. The summed E-state index contributed by atoms with van der Waals surface area (Å²) in [6.45, 7) is 2.14. The monoisotopic (exact) mass is 240 g/mol. The summed E-state index contributed by atoms with van der Waals surface area (Å²) in [4.78, 5) is 14.1. The molecule has 0 amide bonds. The number of carbonyl (C=O) groups excluding carboxylic acids is 1. The Morgan fingerprint density at radius 1 is 1.47 bits per heavy atom. The normalized spacial score (nSPS) is 27.8. The Morgan fingerprint density at radius 3 is 2.71 bits per heavy atom. The molecule has 0 spiro atoms. The first-order valence-electron chi connectivity index (χ1n) is 6.72. The number of hydrogen-bond donors (Lipinski definition) is 1. The van der Waals surface area contributed by atoms with Crippen LogP contribution in [0, 0.1) is 0 Å². The predicted octanol–water partition coefficient (Wildman–Crippen LogP) is 1.16. The average molecular weight is 240 g/mol. The largest absolute Gasteiger partial charge is 0.468 e. The van der Waals surface area contributed by atoms with Gasteiger partial charge in [0.15, 0.2) is 0 Å². The zero-order valence-corrected chi connectivity index (χ0v) is 11.0. The van der Waals surface area contributed by atoms with Crippen molar-refractivity contribution in [2.75, 3.05) is 27.2 Å². The van der Waals surface area contributed by atoms with Gasteiger partial charge in [-0.25, -0.2) is 0 Å². The summed E-state index contributed by atoms with van der Waals surface area (Å²) in [5.41, 5.74) is -0.355. The van der Waals surface area contributed by atoms with Crippen molar-refractivity contribution in [1.29, 1.82) is 0 Å². The third-order valence-electron chi connectivity index (χ3n) is 4.40. The first kappa shape index (κ1) is 12.8. The van der Waals surface area contributed by atoms with E-state index in [0.29, 0.717) is 6.04 Å². The number of ether oxygens (including phenoxy) is 1. The smallest absolute Gasteiger partial charge is 0.326 e. The molecule has 1 N–H and O–H groups in total. The molecular formula is C13H24N2O2. The molecule has 4 nitrogen and oxygen atoms in total. The number of nitrogens with zero attached hydrogens (tertiary/aromatic N) is 1. The molecule has 0 radical (unpaired) electrons. The summed E-state index contributed by atoms with van der Waals surface area (Å²) in [5, 5.41) is 3.43. The molecule has 17 heavy (non-hydrogen) atoms. The van der Waals surface area contributed by atoms with Crippen LogP contribution in [0.25, 0.3) is 0 Å². The Labute approximate surface area is 104 Å². The standard InChI is InChI=1S/C13H24N2O2/c1-15-10-3-5-11(15)6-9-14-13(7-4-8-13)12(16)17-2/h11,14H,3-10H2,1-2H3/t11-/m1/s1. The Kier molecular flexibility index (Phi) is 4.05. The van der Waals surface area contributed by atoms with Crippen LogP contribution in [0.3, 0.4) is 0 Å². The van der Waals surface area contributed by atoms with Gasteiger partial charge in [-0.1, -0.05) is 0 Å². The van der Waals surface area contributed by atoms with E-state index >= 15 is 0 Å². The van der Waals surface area contributed by atoms with Gasteiger partial charge in [-0.05, 0) is 58.7 Å². The molecule has 1 saturated heterocycles. The summed E-state index contributed by atoms with van der Waals surface area (Å²) in [6.07, 6.45) is 6.73. The maximum atomic E-state index is 11.7. The highest BCUT2D eigenvalue weighted by atomic mass is 16.5. The first-order valence-corrected chi connectivity index (χ1v) is 6.72. The van der Waals surface area contributed by atoms with E-state index in [1.165, 1.54) is 26.5 Å². The Bertz CT molecular complexity index is 277. The zero-order valence-electron chi connectivity index (χ0n) is 11.0. The molecule has 1 aliphatic carbocycles. The van der Waals surface area contributed by atoms with Crippen LogP contribution in [0.2, 0.25) is 0 Å². The van der Waals surface area contributed by atoms with Gasteiger partial charge in [-0.2, -0.15) is 0 Å². The summed E-state index contributed by atoms with van der Waals surface area (Å²) < 4.78 is 4.89. The van der Waals surface area contributed by atoms with Gasteiger partial charge >= 0.3 is 5.97 Å². The number of methoxy groups -OCH3 is 1. The van der Waals surface area contributed by atoms with Gasteiger partial charge in [0.2, 0.25) is 0 Å². The second kappa shape index (κ2) is 5.36. The quantitative estimate of drug-likeness (QED) is 0.732. The van der Waals surface area contributed by atoms with Crippen LogP contribution in [-0.2, 0) is 9.53 Å². The van der Waals surface area contributed by atoms with Crippen LogP contribution in [0.1, 0.15) is 38.5 Å². The predicted molar refractivity (Wildman–Crippen MR) is 66.9 cm³/mol. The molecule has 1 atom stereocenters. The molecule has 0 aromatic carbocycles. The van der Waals surface area contributed by atoms with Gasteiger partial charge in [0.05, 0.1) is 7.11 Å². The highest BCUT2D eigenvalue weighted by Gasteiger charge is 2.44. The fourth-order valence-electron chi connectivity index (χ4n) is 3.00. The zero-order chi connectivity index (χ0) is 12.3. The van der Waals surface area contributed by atoms with E-state index in [9.17, 15) is 4.79 Å². The van der Waals surface area contributed by atoms with E-state index in [1.807, 2.05) is 0 Å². The van der Waals surface area contributed by atoms with E-state index in [-0.39, 0.29) is 11.5 Å². The number of hydrogen-bond acceptors (Lipinski definition) is 4. The Balaban J connectivity index is 1.75. The molecule has 0 unspecified atom stereocenters. The minimum Gasteiger partial charge on any atom is -0.468 e. The third kappa shape index (κ3) is 2.63. The van der Waals surface area contributed by atoms with Gasteiger partial charge in [0.1, 0.15) is 5.54 Å². The summed E-state index contributed by atoms with van der Waals surface area (Å²) in [7, 11) is 3.67. The molecule has 0 aromatic heterocycles. The lowest BCUT2D eigenvalue weighted by atomic mass is 9.76. The number of likely N-dealkylation sites (tertiary alicyclic amines) is 1. The molecule has 1 saturated carbocycles. The lowest BCUT2D eigenvalue weighted by Crippen LogP contribution is -2.58. The minimum atomic E-state index is -0.355. The van der Waals surface area contributed by atoms with Crippen molar-refractivity contribution in [1.82, 2.24) is 10.2 Å². The maximum Gasteiger partial charge on any atom is 0.326 e. The van der Waals surface area contributed by atoms with Gasteiger partial charge in [-0.3, -0.25) is 4.79 Å². The number of rotatable bonds is 5. The molecule has 1 aliphatic heterocycles. The fraction of sp³-hybridized carbons (Fsp3) is 0.923.